The maximum absolute atomic E-state index is 12.5. The van der Waals surface area contributed by atoms with E-state index in [-0.39, 0.29) is 19.4 Å². The largest absolute Gasteiger partial charge is 0.479 e. The van der Waals surface area contributed by atoms with E-state index in [0.717, 1.165) is 5.56 Å². The fourth-order valence-electron chi connectivity index (χ4n) is 3.10. The van der Waals surface area contributed by atoms with Gasteiger partial charge in [-0.15, -0.1) is 0 Å². The molecule has 0 radical (unpaired) electrons. The highest BCUT2D eigenvalue weighted by Gasteiger charge is 2.48. The van der Waals surface area contributed by atoms with Crippen molar-refractivity contribution in [2.24, 2.45) is 0 Å². The summed E-state index contributed by atoms with van der Waals surface area (Å²) in [6, 6.07) is 9.18. The molecule has 1 amide bonds. The number of carboxylic acid groups (broad SMARTS) is 1. The quantitative estimate of drug-likeness (QED) is 0.794. The number of piperidine rings is 1. The maximum Gasteiger partial charge on any atom is 0.411 e. The van der Waals surface area contributed by atoms with E-state index < -0.39 is 23.6 Å². The number of ether oxygens (including phenoxy) is 2. The van der Waals surface area contributed by atoms with E-state index in [4.69, 9.17) is 4.74 Å². The molecule has 0 aromatic heterocycles. The molecule has 0 aliphatic carbocycles. The van der Waals surface area contributed by atoms with Crippen LogP contribution in [0.2, 0.25) is 0 Å². The molecule has 1 aliphatic rings. The van der Waals surface area contributed by atoms with Crippen LogP contribution in [-0.4, -0.2) is 47.2 Å². The highest BCUT2D eigenvalue weighted by Crippen LogP contribution is 2.34. The van der Waals surface area contributed by atoms with E-state index in [1.807, 2.05) is 30.3 Å². The summed E-state index contributed by atoms with van der Waals surface area (Å²) < 4.78 is 9.91. The van der Waals surface area contributed by atoms with Gasteiger partial charge in [-0.3, -0.25) is 9.69 Å². The third-order valence-corrected chi connectivity index (χ3v) is 4.53. The summed E-state index contributed by atoms with van der Waals surface area (Å²) in [6.07, 6.45) is 0.945. The number of hydrogen-bond donors (Lipinski definition) is 1. The van der Waals surface area contributed by atoms with Gasteiger partial charge < -0.3 is 14.6 Å². The molecule has 1 aliphatic heterocycles. The molecule has 1 fully saturated rings. The minimum absolute atomic E-state index is 0.00937. The van der Waals surface area contributed by atoms with Crippen molar-refractivity contribution in [3.8, 4) is 0 Å². The predicted molar refractivity (Wildman–Crippen MR) is 88.8 cm³/mol. The molecule has 0 bridgehead atoms. The molecular weight excluding hydrogens is 326 g/mol. The van der Waals surface area contributed by atoms with E-state index >= 15 is 0 Å². The van der Waals surface area contributed by atoms with Crippen molar-refractivity contribution >= 4 is 18.0 Å². The van der Waals surface area contributed by atoms with Gasteiger partial charge in [-0.2, -0.15) is 0 Å². The second-order valence-electron chi connectivity index (χ2n) is 6.06. The zero-order valence-electron chi connectivity index (χ0n) is 14.3. The Kier molecular flexibility index (Phi) is 6.38. The molecule has 0 saturated carbocycles. The van der Waals surface area contributed by atoms with Gasteiger partial charge in [0.1, 0.15) is 12.1 Å². The summed E-state index contributed by atoms with van der Waals surface area (Å²) in [5, 5.41) is 9.78. The van der Waals surface area contributed by atoms with Crippen LogP contribution in [-0.2, 0) is 25.7 Å². The molecule has 136 valence electrons. The van der Waals surface area contributed by atoms with Crippen LogP contribution in [0.4, 0.5) is 4.79 Å². The average molecular weight is 349 g/mol. The van der Waals surface area contributed by atoms with Gasteiger partial charge in [-0.1, -0.05) is 30.3 Å². The van der Waals surface area contributed by atoms with Gasteiger partial charge >= 0.3 is 18.0 Å². The summed E-state index contributed by atoms with van der Waals surface area (Å²) in [6.45, 7) is 0.365. The molecule has 1 unspecified atom stereocenters. The molecular formula is C18H23NO6. The lowest BCUT2D eigenvalue weighted by Crippen LogP contribution is -2.59. The van der Waals surface area contributed by atoms with Gasteiger partial charge in [-0.25, -0.2) is 9.59 Å². The van der Waals surface area contributed by atoms with Gasteiger partial charge in [-0.05, 0) is 31.2 Å². The minimum Gasteiger partial charge on any atom is -0.479 e. The van der Waals surface area contributed by atoms with Crippen LogP contribution in [0.5, 0.6) is 0 Å². The molecule has 1 N–H and O–H groups in total. The standard InChI is InChI=1S/C18H23NO6/c1-24-15(20)9-11-18(16(21)22)10-5-6-12-19(18)17(23)25-13-14-7-3-2-4-8-14/h2-4,7-8H,5-6,9-13H2,1H3,(H,21,22). The zero-order chi connectivity index (χ0) is 18.3. The van der Waals surface area contributed by atoms with Gasteiger partial charge in [0.05, 0.1) is 7.11 Å². The highest BCUT2D eigenvalue weighted by atomic mass is 16.6. The number of likely N-dealkylation sites (tertiary alicyclic amines) is 1. The van der Waals surface area contributed by atoms with Crippen molar-refractivity contribution in [3.63, 3.8) is 0 Å². The van der Waals surface area contributed by atoms with Gasteiger partial charge in [0.2, 0.25) is 0 Å². The molecule has 7 heteroatoms. The Hall–Kier alpha value is -2.57. The maximum atomic E-state index is 12.5. The zero-order valence-corrected chi connectivity index (χ0v) is 14.3. The molecule has 25 heavy (non-hydrogen) atoms. The Morgan fingerprint density at radius 1 is 1.20 bits per heavy atom. The van der Waals surface area contributed by atoms with E-state index in [1.54, 1.807) is 0 Å². The number of carbonyl (C=O) groups is 3. The Morgan fingerprint density at radius 3 is 2.56 bits per heavy atom. The lowest BCUT2D eigenvalue weighted by molar-refractivity contribution is -0.155. The Balaban J connectivity index is 2.11. The predicted octanol–water partition coefficient (Wildman–Crippen LogP) is 2.59. The van der Waals surface area contributed by atoms with Crippen LogP contribution in [0, 0.1) is 0 Å². The van der Waals surface area contributed by atoms with Gasteiger partial charge in [0, 0.05) is 13.0 Å². The number of carboxylic acids is 1. The molecule has 1 aromatic carbocycles. The number of esters is 1. The molecule has 1 aromatic rings. The molecule has 2 rings (SSSR count). The fraction of sp³-hybridized carbons (Fsp3) is 0.500. The van der Waals surface area contributed by atoms with Gasteiger partial charge in [0.25, 0.3) is 0 Å². The third kappa shape index (κ3) is 4.49. The second kappa shape index (κ2) is 8.50. The van der Waals surface area contributed by atoms with Gasteiger partial charge in [0.15, 0.2) is 0 Å². The minimum atomic E-state index is -1.43. The van der Waals surface area contributed by atoms with Crippen molar-refractivity contribution < 1.29 is 29.0 Å². The van der Waals surface area contributed by atoms with Crippen molar-refractivity contribution in [1.82, 2.24) is 4.90 Å². The lowest BCUT2D eigenvalue weighted by atomic mass is 9.83. The van der Waals surface area contributed by atoms with Crippen molar-refractivity contribution in [3.05, 3.63) is 35.9 Å². The van der Waals surface area contributed by atoms with Crippen LogP contribution in [0.3, 0.4) is 0 Å². The number of aliphatic carboxylic acids is 1. The van der Waals surface area contributed by atoms with Crippen LogP contribution in [0.15, 0.2) is 30.3 Å². The normalized spacial score (nSPS) is 20.0. The summed E-state index contributed by atoms with van der Waals surface area (Å²) in [5.41, 5.74) is -0.608. The number of benzene rings is 1. The van der Waals surface area contributed by atoms with Crippen LogP contribution in [0.25, 0.3) is 0 Å². The number of rotatable bonds is 6. The smallest absolute Gasteiger partial charge is 0.411 e. The average Bonchev–Trinajstić information content (AvgIpc) is 2.65. The first-order valence-electron chi connectivity index (χ1n) is 8.28. The van der Waals surface area contributed by atoms with Crippen LogP contribution in [0.1, 0.15) is 37.7 Å². The Bertz CT molecular complexity index is 617. The molecule has 1 atom stereocenters. The first-order valence-corrected chi connectivity index (χ1v) is 8.28. The van der Waals surface area contributed by atoms with E-state index in [0.29, 0.717) is 25.8 Å². The van der Waals surface area contributed by atoms with Crippen molar-refractivity contribution in [2.45, 2.75) is 44.2 Å². The highest BCUT2D eigenvalue weighted by molar-refractivity contribution is 5.85. The molecule has 1 saturated heterocycles. The summed E-state index contributed by atoms with van der Waals surface area (Å²) >= 11 is 0. The van der Waals surface area contributed by atoms with Crippen LogP contribution >= 0.6 is 0 Å². The Labute approximate surface area is 146 Å². The molecule has 0 spiro atoms. The number of amides is 1. The first-order chi connectivity index (χ1) is 12.0. The lowest BCUT2D eigenvalue weighted by Gasteiger charge is -2.43. The molecule has 1 heterocycles. The second-order valence-corrected chi connectivity index (χ2v) is 6.06. The summed E-state index contributed by atoms with van der Waals surface area (Å²) in [7, 11) is 1.25. The monoisotopic (exact) mass is 349 g/mol. The first kappa shape index (κ1) is 18.8. The van der Waals surface area contributed by atoms with E-state index in [2.05, 4.69) is 4.74 Å². The number of nitrogens with zero attached hydrogens (tertiary/aromatic N) is 1. The number of carbonyl (C=O) groups excluding carboxylic acids is 2. The van der Waals surface area contributed by atoms with Crippen LogP contribution < -0.4 is 0 Å². The topological polar surface area (TPSA) is 93.1 Å². The summed E-state index contributed by atoms with van der Waals surface area (Å²) in [5.74, 6) is -1.61. The SMILES string of the molecule is COC(=O)CCC1(C(=O)O)CCCCN1C(=O)OCc1ccccc1. The van der Waals surface area contributed by atoms with E-state index in [1.165, 1.54) is 12.0 Å². The van der Waals surface area contributed by atoms with E-state index in [9.17, 15) is 19.5 Å². The molecule has 7 nitrogen and oxygen atoms in total. The van der Waals surface area contributed by atoms with Crippen molar-refractivity contribution in [1.29, 1.82) is 0 Å². The van der Waals surface area contributed by atoms with Crippen molar-refractivity contribution in [2.75, 3.05) is 13.7 Å². The number of methoxy groups -OCH3 is 1. The number of hydrogen-bond acceptors (Lipinski definition) is 5. The third-order valence-electron chi connectivity index (χ3n) is 4.53. The summed E-state index contributed by atoms with van der Waals surface area (Å²) in [4.78, 5) is 37.2. The fourth-order valence-corrected chi connectivity index (χ4v) is 3.10. The Morgan fingerprint density at radius 2 is 1.92 bits per heavy atom.